The first-order chi connectivity index (χ1) is 7.30. The van der Waals surface area contributed by atoms with Crippen LogP contribution in [0.2, 0.25) is 0 Å². The van der Waals surface area contributed by atoms with Gasteiger partial charge in [-0.3, -0.25) is 4.98 Å². The van der Waals surface area contributed by atoms with Gasteiger partial charge in [0.05, 0.1) is 5.69 Å². The lowest BCUT2D eigenvalue weighted by atomic mass is 9.86. The quantitative estimate of drug-likeness (QED) is 0.823. The number of carboxylic acid groups (broad SMARTS) is 1. The van der Waals surface area contributed by atoms with E-state index in [4.69, 9.17) is 5.11 Å². The SMILES string of the molecule is Cc1cncc(NC(C(=O)O)C(C)(C)C)c1. The molecule has 0 fully saturated rings. The van der Waals surface area contributed by atoms with Crippen molar-refractivity contribution in [3.05, 3.63) is 24.0 Å². The molecule has 0 amide bonds. The van der Waals surface area contributed by atoms with Gasteiger partial charge in [-0.25, -0.2) is 4.79 Å². The van der Waals surface area contributed by atoms with E-state index in [-0.39, 0.29) is 5.41 Å². The normalized spacial score (nSPS) is 13.2. The third-order valence-electron chi connectivity index (χ3n) is 2.30. The lowest BCUT2D eigenvalue weighted by Gasteiger charge is -2.28. The molecule has 1 unspecified atom stereocenters. The Morgan fingerprint density at radius 1 is 1.44 bits per heavy atom. The number of rotatable bonds is 3. The molecule has 16 heavy (non-hydrogen) atoms. The van der Waals surface area contributed by atoms with E-state index in [2.05, 4.69) is 10.3 Å². The maximum atomic E-state index is 11.2. The van der Waals surface area contributed by atoms with Gasteiger partial charge in [0.2, 0.25) is 0 Å². The van der Waals surface area contributed by atoms with Crippen molar-refractivity contribution >= 4 is 11.7 Å². The molecule has 2 N–H and O–H groups in total. The Morgan fingerprint density at radius 3 is 2.50 bits per heavy atom. The molecular formula is C12H18N2O2. The zero-order chi connectivity index (χ0) is 12.3. The summed E-state index contributed by atoms with van der Waals surface area (Å²) in [6, 6.07) is 1.25. The Bertz CT molecular complexity index is 383. The van der Waals surface area contributed by atoms with Gasteiger partial charge in [0.25, 0.3) is 0 Å². The molecule has 0 spiro atoms. The van der Waals surface area contributed by atoms with Gasteiger partial charge in [0.15, 0.2) is 0 Å². The first kappa shape index (κ1) is 12.5. The minimum Gasteiger partial charge on any atom is -0.480 e. The highest BCUT2D eigenvalue weighted by Gasteiger charge is 2.31. The van der Waals surface area contributed by atoms with Gasteiger partial charge in [-0.15, -0.1) is 0 Å². The summed E-state index contributed by atoms with van der Waals surface area (Å²) in [5.41, 5.74) is 1.39. The fourth-order valence-corrected chi connectivity index (χ4v) is 1.45. The Labute approximate surface area is 95.7 Å². The maximum Gasteiger partial charge on any atom is 0.326 e. The second kappa shape index (κ2) is 4.51. The summed E-state index contributed by atoms with van der Waals surface area (Å²) in [5, 5.41) is 12.2. The van der Waals surface area contributed by atoms with Gasteiger partial charge in [-0.2, -0.15) is 0 Å². The second-order valence-electron chi connectivity index (χ2n) is 5.03. The van der Waals surface area contributed by atoms with Crippen molar-refractivity contribution < 1.29 is 9.90 Å². The summed E-state index contributed by atoms with van der Waals surface area (Å²) in [6.07, 6.45) is 3.37. The van der Waals surface area contributed by atoms with E-state index in [1.165, 1.54) is 0 Å². The minimum absolute atomic E-state index is 0.352. The molecular weight excluding hydrogens is 204 g/mol. The number of nitrogens with zero attached hydrogens (tertiary/aromatic N) is 1. The fraction of sp³-hybridized carbons (Fsp3) is 0.500. The number of anilines is 1. The number of hydrogen-bond donors (Lipinski definition) is 2. The molecule has 0 aromatic carbocycles. The summed E-state index contributed by atoms with van der Waals surface area (Å²) in [5.74, 6) is -0.853. The van der Waals surface area contributed by atoms with Gasteiger partial charge in [0, 0.05) is 12.4 Å². The Kier molecular flexibility index (Phi) is 3.52. The van der Waals surface area contributed by atoms with E-state index in [9.17, 15) is 4.79 Å². The van der Waals surface area contributed by atoms with Gasteiger partial charge in [0.1, 0.15) is 6.04 Å². The second-order valence-corrected chi connectivity index (χ2v) is 5.03. The van der Waals surface area contributed by atoms with Crippen LogP contribution in [-0.2, 0) is 4.79 Å². The highest BCUT2D eigenvalue weighted by atomic mass is 16.4. The standard InChI is InChI=1S/C12H18N2O2/c1-8-5-9(7-13-6-8)14-10(11(15)16)12(2,3)4/h5-7,10,14H,1-4H3,(H,15,16). The molecule has 0 bridgehead atoms. The predicted molar refractivity (Wildman–Crippen MR) is 63.5 cm³/mol. The zero-order valence-corrected chi connectivity index (χ0v) is 10.1. The van der Waals surface area contributed by atoms with Gasteiger partial charge in [-0.1, -0.05) is 20.8 Å². The fourth-order valence-electron chi connectivity index (χ4n) is 1.45. The lowest BCUT2D eigenvalue weighted by Crippen LogP contribution is -2.41. The molecule has 1 rings (SSSR count). The van der Waals surface area contributed by atoms with Crippen LogP contribution in [0.25, 0.3) is 0 Å². The number of pyridine rings is 1. The summed E-state index contributed by atoms with van der Waals surface area (Å²) in [4.78, 5) is 15.2. The number of aliphatic carboxylic acids is 1. The van der Waals surface area contributed by atoms with Crippen molar-refractivity contribution in [1.29, 1.82) is 0 Å². The number of carbonyl (C=O) groups is 1. The molecule has 88 valence electrons. The van der Waals surface area contributed by atoms with Crippen molar-refractivity contribution in [1.82, 2.24) is 4.98 Å². The third-order valence-corrected chi connectivity index (χ3v) is 2.30. The molecule has 4 heteroatoms. The Morgan fingerprint density at radius 2 is 2.06 bits per heavy atom. The maximum absolute atomic E-state index is 11.2. The third kappa shape index (κ3) is 3.22. The molecule has 0 saturated carbocycles. The molecule has 0 aliphatic heterocycles. The van der Waals surface area contributed by atoms with Crippen molar-refractivity contribution in [2.75, 3.05) is 5.32 Å². The Balaban J connectivity index is 2.89. The van der Waals surface area contributed by atoms with Crippen LogP contribution >= 0.6 is 0 Å². The van der Waals surface area contributed by atoms with Crippen molar-refractivity contribution in [2.24, 2.45) is 5.41 Å². The predicted octanol–water partition coefficient (Wildman–Crippen LogP) is 2.30. The highest BCUT2D eigenvalue weighted by Crippen LogP contribution is 2.23. The first-order valence-corrected chi connectivity index (χ1v) is 5.21. The highest BCUT2D eigenvalue weighted by molar-refractivity contribution is 5.78. The molecule has 0 aliphatic carbocycles. The van der Waals surface area contributed by atoms with Crippen LogP contribution in [-0.4, -0.2) is 22.1 Å². The molecule has 1 aromatic heterocycles. The van der Waals surface area contributed by atoms with E-state index in [1.54, 1.807) is 12.4 Å². The number of hydrogen-bond acceptors (Lipinski definition) is 3. The number of nitrogens with one attached hydrogen (secondary N) is 1. The Hall–Kier alpha value is -1.58. The summed E-state index contributed by atoms with van der Waals surface area (Å²) >= 11 is 0. The van der Waals surface area contributed by atoms with E-state index in [0.29, 0.717) is 0 Å². The molecule has 1 aromatic rings. The van der Waals surface area contributed by atoms with Crippen LogP contribution in [0.15, 0.2) is 18.5 Å². The zero-order valence-electron chi connectivity index (χ0n) is 10.1. The van der Waals surface area contributed by atoms with E-state index < -0.39 is 12.0 Å². The van der Waals surface area contributed by atoms with E-state index in [1.807, 2.05) is 33.8 Å². The lowest BCUT2D eigenvalue weighted by molar-refractivity contribution is -0.140. The van der Waals surface area contributed by atoms with Crippen molar-refractivity contribution in [2.45, 2.75) is 33.7 Å². The van der Waals surface area contributed by atoms with Crippen molar-refractivity contribution in [3.8, 4) is 0 Å². The topological polar surface area (TPSA) is 62.2 Å². The van der Waals surface area contributed by atoms with Gasteiger partial charge in [-0.05, 0) is 24.0 Å². The molecule has 1 heterocycles. The summed E-state index contributed by atoms with van der Waals surface area (Å²) in [7, 11) is 0. The largest absolute Gasteiger partial charge is 0.480 e. The smallest absolute Gasteiger partial charge is 0.326 e. The van der Waals surface area contributed by atoms with Crippen LogP contribution in [0, 0.1) is 12.3 Å². The van der Waals surface area contributed by atoms with Crippen molar-refractivity contribution in [3.63, 3.8) is 0 Å². The van der Waals surface area contributed by atoms with Crippen LogP contribution in [0.5, 0.6) is 0 Å². The van der Waals surface area contributed by atoms with Crippen LogP contribution < -0.4 is 5.32 Å². The van der Waals surface area contributed by atoms with E-state index >= 15 is 0 Å². The van der Waals surface area contributed by atoms with Gasteiger partial charge >= 0.3 is 5.97 Å². The molecule has 1 atom stereocenters. The minimum atomic E-state index is -0.853. The molecule has 0 radical (unpaired) electrons. The van der Waals surface area contributed by atoms with Gasteiger partial charge < -0.3 is 10.4 Å². The monoisotopic (exact) mass is 222 g/mol. The summed E-state index contributed by atoms with van der Waals surface area (Å²) in [6.45, 7) is 7.59. The van der Waals surface area contributed by atoms with Crippen LogP contribution in [0.4, 0.5) is 5.69 Å². The summed E-state index contributed by atoms with van der Waals surface area (Å²) < 4.78 is 0. The molecule has 0 saturated heterocycles. The number of carboxylic acids is 1. The number of aromatic nitrogens is 1. The van der Waals surface area contributed by atoms with Crippen LogP contribution in [0.1, 0.15) is 26.3 Å². The van der Waals surface area contributed by atoms with E-state index in [0.717, 1.165) is 11.3 Å². The number of aryl methyl sites for hydroxylation is 1. The first-order valence-electron chi connectivity index (χ1n) is 5.21. The molecule has 0 aliphatic rings. The average molecular weight is 222 g/mol. The van der Waals surface area contributed by atoms with Crippen LogP contribution in [0.3, 0.4) is 0 Å². The average Bonchev–Trinajstić information content (AvgIpc) is 2.12. The molecule has 4 nitrogen and oxygen atoms in total.